The summed E-state index contributed by atoms with van der Waals surface area (Å²) in [5.41, 5.74) is 19.4. The van der Waals surface area contributed by atoms with E-state index in [9.17, 15) is 0 Å². The molecule has 2 nitrogen and oxygen atoms in total. The number of aryl methyl sites for hydroxylation is 2. The Kier molecular flexibility index (Phi) is 10.1. The van der Waals surface area contributed by atoms with Crippen molar-refractivity contribution in [1.82, 2.24) is 0 Å². The van der Waals surface area contributed by atoms with Crippen LogP contribution >= 0.6 is 0 Å². The average Bonchev–Trinajstić information content (AvgIpc) is 3.65. The number of nitrogens with zero attached hydrogens (tertiary/aromatic N) is 2. The molecule has 1 heterocycles. The van der Waals surface area contributed by atoms with Crippen LogP contribution in [0.3, 0.4) is 0 Å². The molecule has 0 aliphatic carbocycles. The first kappa shape index (κ1) is 42.6. The molecule has 0 radical (unpaired) electrons. The maximum Gasteiger partial charge on any atom is 0.114 e. The van der Waals surface area contributed by atoms with E-state index in [1.54, 1.807) is 5.19 Å². The zero-order valence-corrected chi connectivity index (χ0v) is 41.5. The normalized spacial score (nSPS) is 12.6. The van der Waals surface area contributed by atoms with Gasteiger partial charge in [-0.2, -0.15) is 0 Å². The van der Waals surface area contributed by atoms with Gasteiger partial charge in [-0.3, -0.25) is 0 Å². The van der Waals surface area contributed by atoms with Gasteiger partial charge in [0.05, 0.1) is 0 Å². The highest BCUT2D eigenvalue weighted by atomic mass is 28.3. The maximum absolute atomic E-state index is 2.57. The lowest BCUT2D eigenvalue weighted by Crippen LogP contribution is -2.49. The Labute approximate surface area is 417 Å². The van der Waals surface area contributed by atoms with Crippen molar-refractivity contribution in [2.45, 2.75) is 26.9 Å². The highest BCUT2D eigenvalue weighted by molar-refractivity contribution is 7.05. The minimum atomic E-state index is -2.25. The summed E-state index contributed by atoms with van der Waals surface area (Å²) in [4.78, 5) is 4.81. The topological polar surface area (TPSA) is 6.48 Å². The summed E-state index contributed by atoms with van der Waals surface area (Å²) in [6.07, 6.45) is 0. The van der Waals surface area contributed by atoms with Gasteiger partial charge < -0.3 is 9.80 Å². The lowest BCUT2D eigenvalue weighted by Gasteiger charge is -2.28. The number of fused-ring (bicyclic) bond motifs is 5. The van der Waals surface area contributed by atoms with Crippen LogP contribution in [0, 0.1) is 13.8 Å². The van der Waals surface area contributed by atoms with Gasteiger partial charge in [0.1, 0.15) is 8.07 Å². The molecule has 0 atom stereocenters. The van der Waals surface area contributed by atoms with E-state index in [2.05, 4.69) is 279 Å². The SMILES string of the molecule is Cc1ccc(-c2cc(-c3ccc(C)cc3)cc(N(c3ccccc3)c3ccc(-c4cc5cccc6c7c(c8cccc4c8c56)[Si](C)(C)c4cc(N(c5ccccc5)c5ccccc5)ccc4-7)cc3)c2)cc1. The fourth-order valence-electron chi connectivity index (χ4n) is 11.6. The van der Waals surface area contributed by atoms with Crippen molar-refractivity contribution in [1.29, 1.82) is 0 Å². The molecule has 0 saturated carbocycles. The van der Waals surface area contributed by atoms with Gasteiger partial charge in [-0.15, -0.1) is 0 Å². The standard InChI is InChI=1S/C68H52N2Si/c1-45-26-30-47(31-27-45)51-40-52(48-32-28-46(2)29-33-48)42-58(41-51)70(55-21-12-7-13-22-55)56-36-34-49(35-37-56)63-43-50-16-14-24-61-65(50)66-59(63)23-15-25-62(66)68-67(61)60-39-38-57(44-64(60)71(68,3)4)69(53-17-8-5-9-18-53)54-19-10-6-11-20-54/h5-44H,1-4H3. The van der Waals surface area contributed by atoms with Crippen LogP contribution in [0.1, 0.15) is 11.1 Å². The van der Waals surface area contributed by atoms with Crippen LogP contribution < -0.4 is 20.2 Å². The lowest BCUT2D eigenvalue weighted by molar-refractivity contribution is 1.28. The summed E-state index contributed by atoms with van der Waals surface area (Å²) in [6, 6.07) is 90.2. The van der Waals surface area contributed by atoms with E-state index in [1.807, 2.05) is 0 Å². The van der Waals surface area contributed by atoms with Crippen LogP contribution in [0.25, 0.3) is 76.8 Å². The summed E-state index contributed by atoms with van der Waals surface area (Å²) in [6.45, 7) is 9.44. The molecule has 0 amide bonds. The molecule has 0 spiro atoms. The van der Waals surface area contributed by atoms with Crippen molar-refractivity contribution in [3.63, 3.8) is 0 Å². The average molecular weight is 925 g/mol. The monoisotopic (exact) mass is 924 g/mol. The summed E-state index contributed by atoms with van der Waals surface area (Å²) in [5, 5.41) is 11.1. The number of anilines is 6. The van der Waals surface area contributed by atoms with Crippen molar-refractivity contribution in [2.75, 3.05) is 9.80 Å². The largest absolute Gasteiger partial charge is 0.311 e. The first-order chi connectivity index (χ1) is 34.8. The summed E-state index contributed by atoms with van der Waals surface area (Å²) in [5.74, 6) is 0. The second-order valence-corrected chi connectivity index (χ2v) is 24.2. The minimum Gasteiger partial charge on any atom is -0.311 e. The Morgan fingerprint density at radius 2 is 0.789 bits per heavy atom. The predicted octanol–water partition coefficient (Wildman–Crippen LogP) is 17.9. The second-order valence-electron chi connectivity index (χ2n) is 19.9. The molecule has 71 heavy (non-hydrogen) atoms. The van der Waals surface area contributed by atoms with Crippen molar-refractivity contribution >= 4 is 84.9 Å². The molecule has 0 bridgehead atoms. The van der Waals surface area contributed by atoms with Gasteiger partial charge in [-0.25, -0.2) is 0 Å². The molecule has 0 saturated heterocycles. The van der Waals surface area contributed by atoms with E-state index >= 15 is 0 Å². The van der Waals surface area contributed by atoms with Gasteiger partial charge in [0.2, 0.25) is 0 Å². The molecule has 13 rings (SSSR count). The Bertz CT molecular complexity index is 3830. The molecule has 12 aromatic carbocycles. The van der Waals surface area contributed by atoms with Crippen LogP contribution in [0.2, 0.25) is 13.1 Å². The van der Waals surface area contributed by atoms with E-state index < -0.39 is 8.07 Å². The predicted molar refractivity (Wildman–Crippen MR) is 307 cm³/mol. The van der Waals surface area contributed by atoms with Crippen LogP contribution in [0.5, 0.6) is 0 Å². The van der Waals surface area contributed by atoms with Gasteiger partial charge in [-0.05, 0) is 186 Å². The highest BCUT2D eigenvalue weighted by Crippen LogP contribution is 2.48. The van der Waals surface area contributed by atoms with Gasteiger partial charge in [0, 0.05) is 34.1 Å². The van der Waals surface area contributed by atoms with E-state index in [4.69, 9.17) is 0 Å². The lowest BCUT2D eigenvalue weighted by atomic mass is 9.85. The quantitative estimate of drug-likeness (QED) is 0.105. The molecule has 0 fully saturated rings. The first-order valence-corrected chi connectivity index (χ1v) is 27.8. The molecule has 1 aliphatic rings. The van der Waals surface area contributed by atoms with E-state index in [0.29, 0.717) is 0 Å². The maximum atomic E-state index is 2.57. The van der Waals surface area contributed by atoms with Crippen molar-refractivity contribution in [2.24, 2.45) is 0 Å². The third-order valence-electron chi connectivity index (χ3n) is 15.0. The number of para-hydroxylation sites is 3. The number of rotatable bonds is 9. The number of hydrogen-bond acceptors (Lipinski definition) is 2. The molecule has 1 aliphatic heterocycles. The molecule has 3 heteroatoms. The van der Waals surface area contributed by atoms with Gasteiger partial charge >= 0.3 is 0 Å². The first-order valence-electron chi connectivity index (χ1n) is 24.8. The second kappa shape index (κ2) is 16.9. The fraction of sp³-hybridized carbons (Fsp3) is 0.0588. The third-order valence-corrected chi connectivity index (χ3v) is 18.6. The number of hydrogen-bond donors (Lipinski definition) is 0. The zero-order chi connectivity index (χ0) is 47.8. The molecule has 0 N–H and O–H groups in total. The number of benzene rings is 12. The fourth-order valence-corrected chi connectivity index (χ4v) is 15.1. The smallest absolute Gasteiger partial charge is 0.114 e. The minimum absolute atomic E-state index is 1.11. The van der Waals surface area contributed by atoms with Crippen molar-refractivity contribution in [3.05, 3.63) is 254 Å². The zero-order valence-electron chi connectivity index (χ0n) is 40.5. The van der Waals surface area contributed by atoms with Gasteiger partial charge in [0.15, 0.2) is 0 Å². The summed E-state index contributed by atoms with van der Waals surface area (Å²) in [7, 11) is -2.25. The molecular weight excluding hydrogens is 873 g/mol. The van der Waals surface area contributed by atoms with Crippen molar-refractivity contribution in [3.8, 4) is 44.5 Å². The Morgan fingerprint density at radius 1 is 0.310 bits per heavy atom. The summed E-state index contributed by atoms with van der Waals surface area (Å²) < 4.78 is 0. The Hall–Kier alpha value is -8.50. The van der Waals surface area contributed by atoms with E-state index in [1.165, 1.54) is 98.8 Å². The molecule has 12 aromatic rings. The van der Waals surface area contributed by atoms with Crippen LogP contribution in [0.15, 0.2) is 243 Å². The highest BCUT2D eigenvalue weighted by Gasteiger charge is 2.41. The van der Waals surface area contributed by atoms with Crippen LogP contribution in [-0.4, -0.2) is 8.07 Å². The van der Waals surface area contributed by atoms with E-state index in [0.717, 1.165) is 28.4 Å². The van der Waals surface area contributed by atoms with Crippen molar-refractivity contribution < 1.29 is 0 Å². The third kappa shape index (κ3) is 7.15. The van der Waals surface area contributed by atoms with E-state index in [-0.39, 0.29) is 0 Å². The van der Waals surface area contributed by atoms with Crippen LogP contribution in [-0.2, 0) is 0 Å². The van der Waals surface area contributed by atoms with Crippen LogP contribution in [0.4, 0.5) is 34.1 Å². The van der Waals surface area contributed by atoms with Gasteiger partial charge in [0.25, 0.3) is 0 Å². The van der Waals surface area contributed by atoms with Gasteiger partial charge in [-0.1, -0.05) is 182 Å². The molecular formula is C68H52N2Si. The Balaban J connectivity index is 0.945. The molecule has 338 valence electrons. The Morgan fingerprint density at radius 3 is 1.37 bits per heavy atom. The molecule has 0 unspecified atom stereocenters. The molecule has 0 aromatic heterocycles. The summed E-state index contributed by atoms with van der Waals surface area (Å²) >= 11 is 0.